The van der Waals surface area contributed by atoms with Gasteiger partial charge >= 0.3 is 5.97 Å². The number of carbonyl (C=O) groups is 1. The van der Waals surface area contributed by atoms with Gasteiger partial charge in [-0.15, -0.1) is 0 Å². The van der Waals surface area contributed by atoms with Crippen molar-refractivity contribution in [1.29, 1.82) is 0 Å². The molecular formula is C17H16N2O4S. The van der Waals surface area contributed by atoms with Crippen LogP contribution in [0.1, 0.15) is 11.1 Å². The van der Waals surface area contributed by atoms with Crippen LogP contribution < -0.4 is 10.2 Å². The smallest absolute Gasteiger partial charge is 0.349 e. The first-order chi connectivity index (χ1) is 11.5. The van der Waals surface area contributed by atoms with E-state index in [1.165, 1.54) is 10.4 Å². The molecule has 0 bridgehead atoms. The van der Waals surface area contributed by atoms with E-state index in [1.807, 2.05) is 6.07 Å². The van der Waals surface area contributed by atoms with Gasteiger partial charge in [0, 0.05) is 12.6 Å². The van der Waals surface area contributed by atoms with Crippen LogP contribution in [0, 0.1) is 0 Å². The van der Waals surface area contributed by atoms with Crippen LogP contribution in [0.15, 0.2) is 59.5 Å². The lowest BCUT2D eigenvalue weighted by molar-refractivity contribution is -0.138. The molecule has 0 radical (unpaired) electrons. The fourth-order valence-corrected chi connectivity index (χ4v) is 4.19. The van der Waals surface area contributed by atoms with Crippen molar-refractivity contribution in [2.45, 2.75) is 11.3 Å². The summed E-state index contributed by atoms with van der Waals surface area (Å²) in [7, 11) is -3.57. The van der Waals surface area contributed by atoms with Crippen molar-refractivity contribution in [1.82, 2.24) is 0 Å². The van der Waals surface area contributed by atoms with E-state index in [0.29, 0.717) is 18.7 Å². The summed E-state index contributed by atoms with van der Waals surface area (Å²) >= 11 is 0. The Morgan fingerprint density at radius 2 is 1.92 bits per heavy atom. The number of carbonyl (C=O) groups excluding carboxylic acids is 1. The molecule has 7 heteroatoms. The van der Waals surface area contributed by atoms with E-state index in [9.17, 15) is 13.2 Å². The number of hydrogen-bond acceptors (Lipinski definition) is 5. The third kappa shape index (κ3) is 3.04. The molecule has 124 valence electrons. The van der Waals surface area contributed by atoms with E-state index in [4.69, 9.17) is 5.90 Å². The summed E-state index contributed by atoms with van der Waals surface area (Å²) in [6.07, 6.45) is 3.41. The summed E-state index contributed by atoms with van der Waals surface area (Å²) < 4.78 is 27.0. The topological polar surface area (TPSA) is 89.7 Å². The zero-order valence-corrected chi connectivity index (χ0v) is 13.6. The Bertz CT molecular complexity index is 892. The van der Waals surface area contributed by atoms with Gasteiger partial charge < -0.3 is 4.84 Å². The Labute approximate surface area is 140 Å². The highest BCUT2D eigenvalue weighted by molar-refractivity contribution is 7.92. The summed E-state index contributed by atoms with van der Waals surface area (Å²) in [6, 6.07) is 13.7. The maximum atomic E-state index is 12.8. The van der Waals surface area contributed by atoms with Crippen molar-refractivity contribution in [3.8, 4) is 0 Å². The molecule has 2 N–H and O–H groups in total. The molecule has 1 aliphatic rings. The number of rotatable bonds is 4. The van der Waals surface area contributed by atoms with Crippen LogP contribution in [0.2, 0.25) is 0 Å². The van der Waals surface area contributed by atoms with Crippen molar-refractivity contribution in [3.63, 3.8) is 0 Å². The highest BCUT2D eigenvalue weighted by Gasteiger charge is 2.30. The van der Waals surface area contributed by atoms with Gasteiger partial charge in [-0.2, -0.15) is 5.90 Å². The minimum absolute atomic E-state index is 0.271. The van der Waals surface area contributed by atoms with E-state index < -0.39 is 16.0 Å². The second-order valence-electron chi connectivity index (χ2n) is 5.30. The molecule has 0 saturated carbocycles. The van der Waals surface area contributed by atoms with Crippen molar-refractivity contribution >= 4 is 27.8 Å². The first-order valence-electron chi connectivity index (χ1n) is 7.32. The Morgan fingerprint density at radius 1 is 1.17 bits per heavy atom. The first kappa shape index (κ1) is 16.2. The highest BCUT2D eigenvalue weighted by Crippen LogP contribution is 2.33. The van der Waals surface area contributed by atoms with Gasteiger partial charge in [0.1, 0.15) is 0 Å². The molecule has 6 nitrogen and oxygen atoms in total. The number of benzene rings is 2. The van der Waals surface area contributed by atoms with E-state index >= 15 is 0 Å². The van der Waals surface area contributed by atoms with Crippen LogP contribution >= 0.6 is 0 Å². The number of sulfonamides is 1. The molecule has 1 heterocycles. The first-order valence-corrected chi connectivity index (χ1v) is 8.76. The Balaban J connectivity index is 1.91. The summed E-state index contributed by atoms with van der Waals surface area (Å²) in [5, 5.41) is 0. The van der Waals surface area contributed by atoms with Gasteiger partial charge in [0.25, 0.3) is 10.0 Å². The van der Waals surface area contributed by atoms with Gasteiger partial charge in [-0.25, -0.2) is 13.2 Å². The number of nitrogens with zero attached hydrogens (tertiary/aromatic N) is 1. The quantitative estimate of drug-likeness (QED) is 0.675. The molecule has 0 saturated heterocycles. The predicted molar refractivity (Wildman–Crippen MR) is 90.4 cm³/mol. The van der Waals surface area contributed by atoms with Gasteiger partial charge in [0.05, 0.1) is 10.6 Å². The van der Waals surface area contributed by atoms with E-state index in [2.05, 4.69) is 4.84 Å². The monoisotopic (exact) mass is 344 g/mol. The fraction of sp³-hybridized carbons (Fsp3) is 0.118. The summed E-state index contributed by atoms with van der Waals surface area (Å²) in [5.74, 6) is 4.12. The van der Waals surface area contributed by atoms with Gasteiger partial charge in [-0.05, 0) is 47.9 Å². The van der Waals surface area contributed by atoms with E-state index in [1.54, 1.807) is 48.5 Å². The van der Waals surface area contributed by atoms with E-state index in [-0.39, 0.29) is 4.90 Å². The molecule has 0 amide bonds. The maximum Gasteiger partial charge on any atom is 0.349 e. The molecule has 1 aliphatic heterocycles. The lowest BCUT2D eigenvalue weighted by Crippen LogP contribution is -2.29. The average molecular weight is 344 g/mol. The Morgan fingerprint density at radius 3 is 2.62 bits per heavy atom. The molecule has 3 rings (SSSR count). The molecule has 0 unspecified atom stereocenters. The third-order valence-corrected chi connectivity index (χ3v) is 5.64. The number of anilines is 1. The third-order valence-electron chi connectivity index (χ3n) is 3.82. The molecule has 2 aromatic rings. The second kappa shape index (κ2) is 6.46. The fourth-order valence-electron chi connectivity index (χ4n) is 2.67. The highest BCUT2D eigenvalue weighted by atomic mass is 32.2. The molecule has 2 aromatic carbocycles. The second-order valence-corrected chi connectivity index (χ2v) is 7.16. The molecule has 24 heavy (non-hydrogen) atoms. The molecule has 0 spiro atoms. The lowest BCUT2D eigenvalue weighted by Gasteiger charge is -2.19. The van der Waals surface area contributed by atoms with E-state index in [0.717, 1.165) is 11.1 Å². The number of fused-ring (bicyclic) bond motifs is 1. The minimum Gasteiger partial charge on any atom is -0.370 e. The maximum absolute atomic E-state index is 12.8. The average Bonchev–Trinajstić information content (AvgIpc) is 3.04. The summed E-state index contributed by atoms with van der Waals surface area (Å²) in [6.45, 7) is 0.393. The SMILES string of the molecule is NOC(=O)/C=C/c1ccc2c(c1)CCN2S(=O)(=O)c1ccccc1. The molecule has 0 atom stereocenters. The summed E-state index contributed by atoms with van der Waals surface area (Å²) in [4.78, 5) is 15.4. The predicted octanol–water partition coefficient (Wildman–Crippen LogP) is 1.87. The molecule has 0 aromatic heterocycles. The van der Waals surface area contributed by atoms with Crippen LogP contribution in [0.25, 0.3) is 6.08 Å². The van der Waals surface area contributed by atoms with Gasteiger partial charge in [0.15, 0.2) is 0 Å². The lowest BCUT2D eigenvalue weighted by atomic mass is 10.1. The van der Waals surface area contributed by atoms with Crippen molar-refractivity contribution in [3.05, 3.63) is 65.7 Å². The van der Waals surface area contributed by atoms with Crippen LogP contribution in [-0.4, -0.2) is 20.9 Å². The Hall–Kier alpha value is -2.64. The van der Waals surface area contributed by atoms with Crippen molar-refractivity contribution in [2.75, 3.05) is 10.8 Å². The van der Waals surface area contributed by atoms with Crippen LogP contribution in [-0.2, 0) is 26.1 Å². The van der Waals surface area contributed by atoms with Crippen LogP contribution in [0.3, 0.4) is 0 Å². The molecule has 0 aliphatic carbocycles. The zero-order valence-electron chi connectivity index (χ0n) is 12.8. The normalized spacial score (nSPS) is 14.0. The summed E-state index contributed by atoms with van der Waals surface area (Å²) in [5.41, 5.74) is 2.35. The molecule has 0 fully saturated rings. The minimum atomic E-state index is -3.57. The number of hydrogen-bond donors (Lipinski definition) is 1. The zero-order chi connectivity index (χ0) is 17.2. The van der Waals surface area contributed by atoms with Gasteiger partial charge in [-0.1, -0.05) is 24.3 Å². The van der Waals surface area contributed by atoms with Crippen LogP contribution in [0.5, 0.6) is 0 Å². The van der Waals surface area contributed by atoms with Crippen molar-refractivity contribution in [2.24, 2.45) is 5.90 Å². The van der Waals surface area contributed by atoms with Crippen molar-refractivity contribution < 1.29 is 18.0 Å². The van der Waals surface area contributed by atoms with Gasteiger partial charge in [-0.3, -0.25) is 4.31 Å². The largest absolute Gasteiger partial charge is 0.370 e. The standard InChI is InChI=1S/C17H16N2O4S/c18-23-17(20)9-7-13-6-8-16-14(12-13)10-11-19(16)24(21,22)15-4-2-1-3-5-15/h1-9,12H,10-11,18H2/b9-7+. The molecular weight excluding hydrogens is 328 g/mol. The van der Waals surface area contributed by atoms with Crippen LogP contribution in [0.4, 0.5) is 5.69 Å². The van der Waals surface area contributed by atoms with Gasteiger partial charge in [0.2, 0.25) is 0 Å². The Kier molecular flexibility index (Phi) is 4.37. The number of nitrogens with two attached hydrogens (primary N) is 1.